The Balaban J connectivity index is 1.35. The van der Waals surface area contributed by atoms with Gasteiger partial charge < -0.3 is 5.32 Å². The number of carbonyl (C=O) groups is 3. The van der Waals surface area contributed by atoms with Gasteiger partial charge in [0.1, 0.15) is 0 Å². The van der Waals surface area contributed by atoms with Gasteiger partial charge in [-0.1, -0.05) is 30.4 Å². The van der Waals surface area contributed by atoms with E-state index in [1.165, 1.54) is 4.90 Å². The van der Waals surface area contributed by atoms with Crippen LogP contribution < -0.4 is 10.2 Å². The van der Waals surface area contributed by atoms with Crippen LogP contribution in [0.5, 0.6) is 0 Å². The van der Waals surface area contributed by atoms with E-state index in [1.54, 1.807) is 36.4 Å². The molecule has 0 unspecified atom stereocenters. The normalized spacial score (nSPS) is 27.9. The molecular formula is C22H18N2O3. The number of hydrogen-bond acceptors (Lipinski definition) is 3. The lowest BCUT2D eigenvalue weighted by molar-refractivity contribution is -0.123. The van der Waals surface area contributed by atoms with Crippen molar-refractivity contribution in [3.8, 4) is 0 Å². The van der Waals surface area contributed by atoms with Crippen molar-refractivity contribution in [3.05, 3.63) is 72.3 Å². The molecule has 2 aliphatic carbocycles. The first-order chi connectivity index (χ1) is 13.1. The summed E-state index contributed by atoms with van der Waals surface area (Å²) in [7, 11) is 0. The summed E-state index contributed by atoms with van der Waals surface area (Å²) in [5.74, 6) is -0.397. The highest BCUT2D eigenvalue weighted by molar-refractivity contribution is 6.22. The Morgan fingerprint density at radius 2 is 1.44 bits per heavy atom. The van der Waals surface area contributed by atoms with E-state index in [9.17, 15) is 14.4 Å². The molecule has 1 saturated heterocycles. The number of carbonyl (C=O) groups excluding carboxylic acids is 3. The maximum Gasteiger partial charge on any atom is 0.255 e. The second-order valence-corrected chi connectivity index (χ2v) is 7.38. The maximum atomic E-state index is 12.8. The highest BCUT2D eigenvalue weighted by Gasteiger charge is 2.59. The van der Waals surface area contributed by atoms with Crippen LogP contribution in [0.2, 0.25) is 0 Å². The van der Waals surface area contributed by atoms with Crippen LogP contribution in [0.25, 0.3) is 0 Å². The lowest BCUT2D eigenvalue weighted by Crippen LogP contribution is -2.32. The Bertz CT molecular complexity index is 935. The summed E-state index contributed by atoms with van der Waals surface area (Å²) in [6.45, 7) is 0. The quantitative estimate of drug-likeness (QED) is 0.677. The van der Waals surface area contributed by atoms with Crippen LogP contribution in [0, 0.1) is 23.7 Å². The van der Waals surface area contributed by atoms with Crippen molar-refractivity contribution >= 4 is 29.1 Å². The number of nitrogens with one attached hydrogen (secondary N) is 1. The molecule has 0 radical (unpaired) electrons. The Labute approximate surface area is 156 Å². The smallest absolute Gasteiger partial charge is 0.255 e. The number of nitrogens with zero attached hydrogens (tertiary/aromatic N) is 1. The fourth-order valence-electron chi connectivity index (χ4n) is 4.64. The van der Waals surface area contributed by atoms with Crippen LogP contribution in [0.3, 0.4) is 0 Å². The zero-order valence-corrected chi connectivity index (χ0v) is 14.5. The van der Waals surface area contributed by atoms with Gasteiger partial charge in [0.25, 0.3) is 5.91 Å². The molecule has 0 spiro atoms. The Kier molecular flexibility index (Phi) is 3.50. The Morgan fingerprint density at radius 1 is 0.852 bits per heavy atom. The van der Waals surface area contributed by atoms with Gasteiger partial charge >= 0.3 is 0 Å². The van der Waals surface area contributed by atoms with Gasteiger partial charge in [0.2, 0.25) is 11.8 Å². The second-order valence-electron chi connectivity index (χ2n) is 7.38. The van der Waals surface area contributed by atoms with E-state index < -0.39 is 0 Å². The first kappa shape index (κ1) is 16.0. The standard InChI is InChI=1S/C22H18N2O3/c25-20(13-4-2-1-3-5-13)23-16-8-10-17(11-9-16)24-21(26)18-14-6-7-15(12-14)19(18)22(24)27/h1-11,14-15,18-19H,12H2,(H,23,25)/t14-,15-,18-,19+/m0/s1. The van der Waals surface area contributed by atoms with Crippen molar-refractivity contribution in [1.29, 1.82) is 0 Å². The monoisotopic (exact) mass is 358 g/mol. The van der Waals surface area contributed by atoms with Crippen LogP contribution in [-0.4, -0.2) is 17.7 Å². The zero-order chi connectivity index (χ0) is 18.5. The van der Waals surface area contributed by atoms with Crippen LogP contribution in [-0.2, 0) is 9.59 Å². The van der Waals surface area contributed by atoms with Gasteiger partial charge in [-0.05, 0) is 54.7 Å². The molecule has 1 aliphatic heterocycles. The first-order valence-corrected chi connectivity index (χ1v) is 9.16. The summed E-state index contributed by atoms with van der Waals surface area (Å²) in [5, 5.41) is 2.83. The van der Waals surface area contributed by atoms with Gasteiger partial charge in [0, 0.05) is 11.3 Å². The molecule has 5 rings (SSSR count). The maximum absolute atomic E-state index is 12.8. The van der Waals surface area contributed by atoms with Crippen LogP contribution >= 0.6 is 0 Å². The van der Waals surface area contributed by atoms with E-state index in [4.69, 9.17) is 0 Å². The highest BCUT2D eigenvalue weighted by atomic mass is 16.2. The predicted octanol–water partition coefficient (Wildman–Crippen LogP) is 3.25. The molecule has 1 saturated carbocycles. The third kappa shape index (κ3) is 2.42. The van der Waals surface area contributed by atoms with E-state index >= 15 is 0 Å². The zero-order valence-electron chi connectivity index (χ0n) is 14.5. The van der Waals surface area contributed by atoms with Gasteiger partial charge in [-0.2, -0.15) is 0 Å². The fourth-order valence-corrected chi connectivity index (χ4v) is 4.64. The number of hydrogen-bond donors (Lipinski definition) is 1. The molecule has 2 bridgehead atoms. The summed E-state index contributed by atoms with van der Waals surface area (Å²) < 4.78 is 0. The molecule has 0 aromatic heterocycles. The molecular weight excluding hydrogens is 340 g/mol. The van der Waals surface area contributed by atoms with E-state index in [1.807, 2.05) is 18.2 Å². The molecule has 134 valence electrons. The molecule has 2 fully saturated rings. The third-order valence-corrected chi connectivity index (χ3v) is 5.89. The van der Waals surface area contributed by atoms with Gasteiger partial charge in [0.15, 0.2) is 0 Å². The number of allylic oxidation sites excluding steroid dienone is 2. The lowest BCUT2D eigenvalue weighted by Gasteiger charge is -2.17. The number of benzene rings is 2. The molecule has 2 aromatic rings. The molecule has 27 heavy (non-hydrogen) atoms. The summed E-state index contributed by atoms with van der Waals surface area (Å²) in [5.41, 5.74) is 1.76. The van der Waals surface area contributed by atoms with Crippen molar-refractivity contribution in [2.24, 2.45) is 23.7 Å². The number of anilines is 2. The molecule has 5 nitrogen and oxygen atoms in total. The molecule has 3 amide bonds. The number of fused-ring (bicyclic) bond motifs is 5. The number of rotatable bonds is 3. The highest BCUT2D eigenvalue weighted by Crippen LogP contribution is 2.53. The largest absolute Gasteiger partial charge is 0.322 e. The SMILES string of the molecule is O=C(Nc1ccc(N2C(=O)[C@@H]3[C@H](C2=O)[C@H]2C=C[C@H]3C2)cc1)c1ccccc1. The molecule has 4 atom stereocenters. The molecule has 3 aliphatic rings. The molecule has 2 aromatic carbocycles. The molecule has 1 heterocycles. The van der Waals surface area contributed by atoms with E-state index in [-0.39, 0.29) is 41.4 Å². The van der Waals surface area contributed by atoms with Crippen molar-refractivity contribution in [2.75, 3.05) is 10.2 Å². The van der Waals surface area contributed by atoms with Crippen LogP contribution in [0.4, 0.5) is 11.4 Å². The van der Waals surface area contributed by atoms with Crippen molar-refractivity contribution in [1.82, 2.24) is 0 Å². The summed E-state index contributed by atoms with van der Waals surface area (Å²) in [6.07, 6.45) is 5.09. The van der Waals surface area contributed by atoms with Gasteiger partial charge in [-0.25, -0.2) is 0 Å². The van der Waals surface area contributed by atoms with E-state index in [2.05, 4.69) is 17.5 Å². The average Bonchev–Trinajstić information content (AvgIpc) is 3.37. The lowest BCUT2D eigenvalue weighted by atomic mass is 9.85. The van der Waals surface area contributed by atoms with E-state index in [0.717, 1.165) is 6.42 Å². The van der Waals surface area contributed by atoms with Crippen molar-refractivity contribution < 1.29 is 14.4 Å². The third-order valence-electron chi connectivity index (χ3n) is 5.89. The van der Waals surface area contributed by atoms with Crippen LogP contribution in [0.15, 0.2) is 66.7 Å². The minimum absolute atomic E-state index is 0.0945. The van der Waals surface area contributed by atoms with E-state index in [0.29, 0.717) is 16.9 Å². The molecule has 5 heteroatoms. The van der Waals surface area contributed by atoms with Crippen molar-refractivity contribution in [2.45, 2.75) is 6.42 Å². The summed E-state index contributed by atoms with van der Waals surface area (Å²) >= 11 is 0. The fraction of sp³-hybridized carbons (Fsp3) is 0.227. The number of imide groups is 1. The van der Waals surface area contributed by atoms with Crippen LogP contribution in [0.1, 0.15) is 16.8 Å². The minimum Gasteiger partial charge on any atom is -0.322 e. The van der Waals surface area contributed by atoms with Gasteiger partial charge in [-0.3, -0.25) is 19.3 Å². The van der Waals surface area contributed by atoms with Crippen molar-refractivity contribution in [3.63, 3.8) is 0 Å². The molecule has 1 N–H and O–H groups in total. The average molecular weight is 358 g/mol. The Morgan fingerprint density at radius 3 is 2.04 bits per heavy atom. The summed E-state index contributed by atoms with van der Waals surface area (Å²) in [6, 6.07) is 15.8. The number of amides is 3. The van der Waals surface area contributed by atoms with Gasteiger partial charge in [-0.15, -0.1) is 0 Å². The first-order valence-electron chi connectivity index (χ1n) is 9.16. The summed E-state index contributed by atoms with van der Waals surface area (Å²) in [4.78, 5) is 39.2. The second kappa shape index (κ2) is 5.91. The minimum atomic E-state index is -0.204. The van der Waals surface area contributed by atoms with Gasteiger partial charge in [0.05, 0.1) is 17.5 Å². The predicted molar refractivity (Wildman–Crippen MR) is 101 cm³/mol. The topological polar surface area (TPSA) is 66.5 Å². The Hall–Kier alpha value is -3.21.